The number of benzene rings is 1. The summed E-state index contributed by atoms with van der Waals surface area (Å²) >= 11 is 0. The van der Waals surface area contributed by atoms with E-state index in [1.807, 2.05) is 20.8 Å². The van der Waals surface area contributed by atoms with Gasteiger partial charge in [0.25, 0.3) is 11.8 Å². The lowest BCUT2D eigenvalue weighted by Crippen LogP contribution is -2.46. The number of pyridine rings is 2. The van der Waals surface area contributed by atoms with E-state index >= 15 is 0 Å². The van der Waals surface area contributed by atoms with Crippen molar-refractivity contribution in [3.05, 3.63) is 77.4 Å². The lowest BCUT2D eigenvalue weighted by molar-refractivity contribution is 0.0748. The predicted molar refractivity (Wildman–Crippen MR) is 151 cm³/mol. The normalized spacial score (nSPS) is 12.2. The van der Waals surface area contributed by atoms with Crippen LogP contribution >= 0.6 is 0 Å². The molecule has 0 aliphatic rings. The summed E-state index contributed by atoms with van der Waals surface area (Å²) in [6.07, 6.45) is 3.36. The lowest BCUT2D eigenvalue weighted by Gasteiger charge is -2.29. The van der Waals surface area contributed by atoms with E-state index in [4.69, 9.17) is 11.1 Å². The first-order valence-electron chi connectivity index (χ1n) is 12.2. The SMILES string of the molecule is CC(C)(C)[C@@H](CO)NC(=O)c1ccc(-c2cccnc2C(=O)Nc2ccc(C(=N)N)nc2)c(C(=O)OS(C)(=O)=O)c1. The van der Waals surface area contributed by atoms with E-state index in [0.29, 0.717) is 6.26 Å². The molecule has 1 atom stereocenters. The number of nitrogen functional groups attached to an aromatic ring is 1. The van der Waals surface area contributed by atoms with Gasteiger partial charge in [-0.3, -0.25) is 25.0 Å². The number of rotatable bonds is 9. The highest BCUT2D eigenvalue weighted by molar-refractivity contribution is 7.86. The Kier molecular flexibility index (Phi) is 9.20. The molecular weight excluding hydrogens is 552 g/mol. The Balaban J connectivity index is 2.06. The second-order valence-corrected chi connectivity index (χ2v) is 11.7. The maximum absolute atomic E-state index is 13.2. The number of amidine groups is 1. The molecule has 0 bridgehead atoms. The highest BCUT2D eigenvalue weighted by Gasteiger charge is 2.28. The zero-order valence-corrected chi connectivity index (χ0v) is 23.6. The van der Waals surface area contributed by atoms with Crippen molar-refractivity contribution >= 4 is 39.4 Å². The van der Waals surface area contributed by atoms with Crippen LogP contribution in [0.3, 0.4) is 0 Å². The van der Waals surface area contributed by atoms with Crippen molar-refractivity contribution in [2.45, 2.75) is 26.8 Å². The number of nitrogens with two attached hydrogens (primary N) is 1. The minimum Gasteiger partial charge on any atom is -0.394 e. The Labute approximate surface area is 236 Å². The highest BCUT2D eigenvalue weighted by Crippen LogP contribution is 2.29. The second-order valence-electron chi connectivity index (χ2n) is 10.1. The number of aliphatic hydroxyl groups is 1. The molecule has 0 radical (unpaired) electrons. The average molecular weight is 583 g/mol. The minimum atomic E-state index is -4.23. The van der Waals surface area contributed by atoms with Crippen molar-refractivity contribution in [2.24, 2.45) is 11.1 Å². The molecule has 0 aliphatic heterocycles. The molecule has 2 heterocycles. The number of carbonyl (C=O) groups is 3. The van der Waals surface area contributed by atoms with Gasteiger partial charge in [-0.25, -0.2) is 4.79 Å². The molecule has 0 spiro atoms. The third-order valence-corrected chi connectivity index (χ3v) is 6.33. The van der Waals surface area contributed by atoms with E-state index < -0.39 is 39.4 Å². The summed E-state index contributed by atoms with van der Waals surface area (Å²) in [7, 11) is -4.23. The van der Waals surface area contributed by atoms with E-state index in [-0.39, 0.29) is 51.8 Å². The number of anilines is 1. The fourth-order valence-corrected chi connectivity index (χ4v) is 4.03. The van der Waals surface area contributed by atoms with Gasteiger partial charge in [-0.1, -0.05) is 32.9 Å². The van der Waals surface area contributed by atoms with Crippen LogP contribution in [0, 0.1) is 10.8 Å². The van der Waals surface area contributed by atoms with Crippen LogP contribution in [-0.4, -0.2) is 66.0 Å². The smallest absolute Gasteiger partial charge is 0.354 e. The Morgan fingerprint density at radius 1 is 1.07 bits per heavy atom. The summed E-state index contributed by atoms with van der Waals surface area (Å²) in [4.78, 5) is 47.3. The monoisotopic (exact) mass is 582 g/mol. The van der Waals surface area contributed by atoms with Gasteiger partial charge >= 0.3 is 16.1 Å². The van der Waals surface area contributed by atoms with E-state index in [1.165, 1.54) is 48.8 Å². The summed E-state index contributed by atoms with van der Waals surface area (Å²) < 4.78 is 28.1. The van der Waals surface area contributed by atoms with Crippen LogP contribution in [0.15, 0.2) is 54.9 Å². The minimum absolute atomic E-state index is 0.0107. The number of aromatic nitrogens is 2. The van der Waals surface area contributed by atoms with Crippen molar-refractivity contribution in [2.75, 3.05) is 18.2 Å². The molecule has 1 aromatic carbocycles. The van der Waals surface area contributed by atoms with Crippen LogP contribution in [0.25, 0.3) is 11.1 Å². The molecule has 14 heteroatoms. The first-order chi connectivity index (χ1) is 19.1. The van der Waals surface area contributed by atoms with Gasteiger partial charge in [0, 0.05) is 17.3 Å². The lowest BCUT2D eigenvalue weighted by atomic mass is 9.87. The average Bonchev–Trinajstić information content (AvgIpc) is 2.89. The zero-order chi connectivity index (χ0) is 30.5. The van der Waals surface area contributed by atoms with Crippen LogP contribution in [0.2, 0.25) is 0 Å². The first kappa shape index (κ1) is 30.8. The molecule has 0 saturated carbocycles. The van der Waals surface area contributed by atoms with Crippen LogP contribution in [-0.2, 0) is 14.3 Å². The number of nitrogens with zero attached hydrogens (tertiary/aromatic N) is 2. The molecule has 2 amide bonds. The topological polar surface area (TPSA) is 215 Å². The van der Waals surface area contributed by atoms with Gasteiger partial charge in [0.05, 0.1) is 36.4 Å². The van der Waals surface area contributed by atoms with E-state index in [9.17, 15) is 27.9 Å². The van der Waals surface area contributed by atoms with Gasteiger partial charge < -0.3 is 25.7 Å². The molecule has 0 unspecified atom stereocenters. The fourth-order valence-electron chi connectivity index (χ4n) is 3.67. The van der Waals surface area contributed by atoms with Gasteiger partial charge in [0.1, 0.15) is 17.2 Å². The molecule has 13 nitrogen and oxygen atoms in total. The summed E-state index contributed by atoms with van der Waals surface area (Å²) in [5, 5.41) is 22.5. The molecule has 3 rings (SSSR count). The number of hydrogen-bond donors (Lipinski definition) is 5. The van der Waals surface area contributed by atoms with Crippen molar-refractivity contribution in [3.63, 3.8) is 0 Å². The third kappa shape index (κ3) is 7.93. The maximum Gasteiger partial charge on any atom is 0.354 e. The predicted octanol–water partition coefficient (Wildman–Crippen LogP) is 1.93. The number of carbonyl (C=O) groups excluding carboxylic acids is 3. The van der Waals surface area contributed by atoms with E-state index in [0.717, 1.165) is 6.07 Å². The van der Waals surface area contributed by atoms with Crippen molar-refractivity contribution in [3.8, 4) is 11.1 Å². The van der Waals surface area contributed by atoms with E-state index in [2.05, 4.69) is 24.8 Å². The summed E-state index contributed by atoms with van der Waals surface area (Å²) in [5.41, 5.74) is 5.19. The van der Waals surface area contributed by atoms with Crippen LogP contribution < -0.4 is 16.4 Å². The first-order valence-corrected chi connectivity index (χ1v) is 14.0. The van der Waals surface area contributed by atoms with Crippen LogP contribution in [0.1, 0.15) is 57.7 Å². The molecule has 0 fully saturated rings. The van der Waals surface area contributed by atoms with Crippen LogP contribution in [0.5, 0.6) is 0 Å². The molecular formula is C27H30N6O7S. The zero-order valence-electron chi connectivity index (χ0n) is 22.8. The van der Waals surface area contributed by atoms with Crippen molar-refractivity contribution < 1.29 is 32.1 Å². The van der Waals surface area contributed by atoms with Gasteiger partial charge in [-0.15, -0.1) is 0 Å². The van der Waals surface area contributed by atoms with Gasteiger partial charge in [-0.05, 0) is 41.3 Å². The fraction of sp³-hybridized carbons (Fsp3) is 0.259. The second kappa shape index (κ2) is 12.2. The summed E-state index contributed by atoms with van der Waals surface area (Å²) in [5.74, 6) is -2.82. The number of amides is 2. The standard InChI is InChI=1S/C27H30N6O7S/c1-27(2,3)21(14-34)33-24(35)15-7-9-17(19(12-15)26(37)40-41(4,38)39)18-6-5-11-30-22(18)25(36)32-16-8-10-20(23(28)29)31-13-16/h5-13,21,34H,14H2,1-4H3,(H3,28,29)(H,32,36)(H,33,35)/t21-/m1/s1. The quantitative estimate of drug-likeness (QED) is 0.140. The van der Waals surface area contributed by atoms with E-state index in [1.54, 1.807) is 0 Å². The van der Waals surface area contributed by atoms with Gasteiger partial charge in [-0.2, -0.15) is 8.42 Å². The van der Waals surface area contributed by atoms with Crippen molar-refractivity contribution in [1.82, 2.24) is 15.3 Å². The Hall–Kier alpha value is -4.69. The number of hydrogen-bond acceptors (Lipinski definition) is 10. The Morgan fingerprint density at radius 3 is 2.34 bits per heavy atom. The maximum atomic E-state index is 13.2. The molecule has 6 N–H and O–H groups in total. The van der Waals surface area contributed by atoms with Crippen molar-refractivity contribution in [1.29, 1.82) is 5.41 Å². The Bertz CT molecular complexity index is 1600. The molecule has 0 saturated heterocycles. The third-order valence-electron chi connectivity index (χ3n) is 5.87. The molecule has 216 valence electrons. The van der Waals surface area contributed by atoms with Crippen LogP contribution in [0.4, 0.5) is 5.69 Å². The summed E-state index contributed by atoms with van der Waals surface area (Å²) in [6.45, 7) is 5.15. The van der Waals surface area contributed by atoms with Gasteiger partial charge in [0.2, 0.25) is 0 Å². The molecule has 41 heavy (non-hydrogen) atoms. The highest BCUT2D eigenvalue weighted by atomic mass is 32.2. The van der Waals surface area contributed by atoms with Gasteiger partial charge in [0.15, 0.2) is 0 Å². The molecule has 2 aromatic heterocycles. The number of nitrogens with one attached hydrogen (secondary N) is 3. The largest absolute Gasteiger partial charge is 0.394 e. The number of aliphatic hydroxyl groups excluding tert-OH is 1. The molecule has 3 aromatic rings. The molecule has 0 aliphatic carbocycles. The summed E-state index contributed by atoms with van der Waals surface area (Å²) in [6, 6.07) is 9.23. The Morgan fingerprint density at radius 2 is 1.78 bits per heavy atom.